The van der Waals surface area contributed by atoms with Crippen LogP contribution in [0.4, 0.5) is 0 Å². The molecule has 1 aliphatic carbocycles. The van der Waals surface area contributed by atoms with E-state index >= 15 is 0 Å². The van der Waals surface area contributed by atoms with Gasteiger partial charge < -0.3 is 10.7 Å². The van der Waals surface area contributed by atoms with E-state index in [1.54, 1.807) is 6.20 Å². The molecule has 0 aromatic carbocycles. The van der Waals surface area contributed by atoms with Crippen LogP contribution in [0.1, 0.15) is 30.1 Å². The Labute approximate surface area is 86.2 Å². The average Bonchev–Trinajstić information content (AvgIpc) is 2.97. The van der Waals surface area contributed by atoms with Crippen molar-refractivity contribution in [3.63, 3.8) is 0 Å². The van der Waals surface area contributed by atoms with Gasteiger partial charge in [-0.1, -0.05) is 0 Å². The van der Waals surface area contributed by atoms with Crippen LogP contribution in [0.5, 0.6) is 0 Å². The minimum absolute atomic E-state index is 0.0342. The van der Waals surface area contributed by atoms with Crippen molar-refractivity contribution in [2.24, 2.45) is 5.73 Å². The number of aromatic amines is 1. The number of hydrogen-bond donors (Lipinski definition) is 3. The molecule has 2 aromatic rings. The average molecular weight is 201 g/mol. The zero-order chi connectivity index (χ0) is 10.4. The third kappa shape index (κ3) is 1.36. The zero-order valence-electron chi connectivity index (χ0n) is 8.12. The summed E-state index contributed by atoms with van der Waals surface area (Å²) in [6.07, 6.45) is 4.00. The fraction of sp³-hybridized carbons (Fsp3) is 0.300. The maximum Gasteiger partial charge on any atom is 0.177 e. The van der Waals surface area contributed by atoms with Gasteiger partial charge in [0.05, 0.1) is 5.52 Å². The molecule has 1 fully saturated rings. The Hall–Kier alpha value is -1.91. The molecule has 5 nitrogen and oxygen atoms in total. The molecule has 5 heteroatoms. The van der Waals surface area contributed by atoms with E-state index in [0.717, 1.165) is 11.3 Å². The van der Waals surface area contributed by atoms with E-state index in [2.05, 4.69) is 15.0 Å². The van der Waals surface area contributed by atoms with Crippen molar-refractivity contribution in [3.05, 3.63) is 23.7 Å². The summed E-state index contributed by atoms with van der Waals surface area (Å²) in [5.74, 6) is 1.63. The Balaban J connectivity index is 2.13. The summed E-state index contributed by atoms with van der Waals surface area (Å²) in [6.45, 7) is 0. The molecule has 0 aliphatic heterocycles. The van der Waals surface area contributed by atoms with Gasteiger partial charge in [0.2, 0.25) is 0 Å². The van der Waals surface area contributed by atoms with Gasteiger partial charge in [0, 0.05) is 17.7 Å². The molecular formula is C10H11N5. The summed E-state index contributed by atoms with van der Waals surface area (Å²) in [7, 11) is 0. The van der Waals surface area contributed by atoms with E-state index in [4.69, 9.17) is 11.1 Å². The number of imidazole rings is 1. The Morgan fingerprint density at radius 1 is 1.53 bits per heavy atom. The lowest BCUT2D eigenvalue weighted by Gasteiger charge is -1.95. The van der Waals surface area contributed by atoms with Gasteiger partial charge in [0.1, 0.15) is 11.7 Å². The molecule has 2 heterocycles. The maximum absolute atomic E-state index is 7.32. The van der Waals surface area contributed by atoms with Crippen molar-refractivity contribution < 1.29 is 0 Å². The molecule has 1 aliphatic rings. The molecule has 0 bridgehead atoms. The summed E-state index contributed by atoms with van der Waals surface area (Å²) in [5.41, 5.74) is 7.60. The van der Waals surface area contributed by atoms with Gasteiger partial charge in [0.25, 0.3) is 0 Å². The molecule has 4 N–H and O–H groups in total. The largest absolute Gasteiger partial charge is 0.384 e. The minimum atomic E-state index is 0.0342. The molecule has 0 saturated heterocycles. The molecule has 0 unspecified atom stereocenters. The van der Waals surface area contributed by atoms with E-state index in [1.807, 2.05) is 6.07 Å². The molecule has 15 heavy (non-hydrogen) atoms. The van der Waals surface area contributed by atoms with Crippen molar-refractivity contribution in [3.8, 4) is 0 Å². The lowest BCUT2D eigenvalue weighted by molar-refractivity contribution is 0.983. The van der Waals surface area contributed by atoms with Crippen LogP contribution in [-0.2, 0) is 0 Å². The van der Waals surface area contributed by atoms with Gasteiger partial charge >= 0.3 is 0 Å². The highest BCUT2D eigenvalue weighted by atomic mass is 15.0. The zero-order valence-corrected chi connectivity index (χ0v) is 8.12. The number of nitrogens with one attached hydrogen (secondary N) is 2. The summed E-state index contributed by atoms with van der Waals surface area (Å²) < 4.78 is 0. The first kappa shape index (κ1) is 8.40. The topological polar surface area (TPSA) is 91.4 Å². The standard InChI is InChI=1S/C10H11N5/c11-8(12)6-3-7-10(13-4-6)15-9(14-7)5-1-2-5/h3-5H,1-2H2,(H3,11,12)(H,13,14,15). The van der Waals surface area contributed by atoms with E-state index in [-0.39, 0.29) is 5.84 Å². The number of aromatic nitrogens is 3. The van der Waals surface area contributed by atoms with Crippen LogP contribution in [0.25, 0.3) is 11.2 Å². The van der Waals surface area contributed by atoms with E-state index < -0.39 is 0 Å². The number of hydrogen-bond acceptors (Lipinski definition) is 3. The lowest BCUT2D eigenvalue weighted by atomic mass is 10.2. The van der Waals surface area contributed by atoms with E-state index in [1.165, 1.54) is 12.8 Å². The molecule has 1 saturated carbocycles. The fourth-order valence-corrected chi connectivity index (χ4v) is 1.62. The predicted molar refractivity (Wildman–Crippen MR) is 56.9 cm³/mol. The van der Waals surface area contributed by atoms with Gasteiger partial charge in [-0.3, -0.25) is 5.41 Å². The van der Waals surface area contributed by atoms with Crippen LogP contribution in [0.3, 0.4) is 0 Å². The molecule has 0 atom stereocenters. The third-order valence-electron chi connectivity index (χ3n) is 2.63. The smallest absolute Gasteiger partial charge is 0.177 e. The molecule has 0 radical (unpaired) electrons. The molecule has 76 valence electrons. The van der Waals surface area contributed by atoms with Crippen molar-refractivity contribution in [1.82, 2.24) is 15.0 Å². The summed E-state index contributed by atoms with van der Waals surface area (Å²) in [6, 6.07) is 1.82. The van der Waals surface area contributed by atoms with Crippen molar-refractivity contribution in [2.75, 3.05) is 0 Å². The van der Waals surface area contributed by atoms with Gasteiger partial charge in [-0.25, -0.2) is 9.97 Å². The molecule has 2 aromatic heterocycles. The number of H-pyrrole nitrogens is 1. The summed E-state index contributed by atoms with van der Waals surface area (Å²) >= 11 is 0. The van der Waals surface area contributed by atoms with Crippen LogP contribution < -0.4 is 5.73 Å². The molecule has 0 spiro atoms. The second kappa shape index (κ2) is 2.79. The van der Waals surface area contributed by atoms with Gasteiger partial charge in [0.15, 0.2) is 5.65 Å². The molecule has 3 rings (SSSR count). The highest BCUT2D eigenvalue weighted by molar-refractivity contribution is 5.96. The first-order valence-electron chi connectivity index (χ1n) is 4.94. The Morgan fingerprint density at radius 3 is 3.00 bits per heavy atom. The second-order valence-corrected chi connectivity index (χ2v) is 3.91. The summed E-state index contributed by atoms with van der Waals surface area (Å²) in [4.78, 5) is 11.8. The number of fused-ring (bicyclic) bond motifs is 1. The van der Waals surface area contributed by atoms with Gasteiger partial charge in [-0.05, 0) is 18.9 Å². The second-order valence-electron chi connectivity index (χ2n) is 3.91. The van der Waals surface area contributed by atoms with Crippen molar-refractivity contribution >= 4 is 17.0 Å². The number of nitrogens with zero attached hydrogens (tertiary/aromatic N) is 2. The Bertz CT molecular complexity index is 538. The number of nitrogens with two attached hydrogens (primary N) is 1. The first-order chi connectivity index (χ1) is 7.24. The van der Waals surface area contributed by atoms with E-state index in [0.29, 0.717) is 17.1 Å². The SMILES string of the molecule is N=C(N)c1cnc2nc(C3CC3)[nH]c2c1. The third-order valence-corrected chi connectivity index (χ3v) is 2.63. The predicted octanol–water partition coefficient (Wildman–Crippen LogP) is 1.12. The first-order valence-corrected chi connectivity index (χ1v) is 4.94. The van der Waals surface area contributed by atoms with E-state index in [9.17, 15) is 0 Å². The number of nitrogen functional groups attached to an aromatic ring is 1. The van der Waals surface area contributed by atoms with Crippen LogP contribution in [-0.4, -0.2) is 20.8 Å². The Morgan fingerprint density at radius 2 is 2.33 bits per heavy atom. The molecule has 0 amide bonds. The highest BCUT2D eigenvalue weighted by Crippen LogP contribution is 2.38. The highest BCUT2D eigenvalue weighted by Gasteiger charge is 2.26. The van der Waals surface area contributed by atoms with Crippen LogP contribution in [0.2, 0.25) is 0 Å². The number of rotatable bonds is 2. The van der Waals surface area contributed by atoms with Crippen LogP contribution in [0.15, 0.2) is 12.3 Å². The number of pyridine rings is 1. The maximum atomic E-state index is 7.32. The fourth-order valence-electron chi connectivity index (χ4n) is 1.62. The lowest BCUT2D eigenvalue weighted by Crippen LogP contribution is -2.11. The number of amidine groups is 1. The van der Waals surface area contributed by atoms with Crippen molar-refractivity contribution in [1.29, 1.82) is 5.41 Å². The Kier molecular flexibility index (Phi) is 1.56. The van der Waals surface area contributed by atoms with Crippen LogP contribution in [0, 0.1) is 5.41 Å². The monoisotopic (exact) mass is 201 g/mol. The normalized spacial score (nSPS) is 15.7. The van der Waals surface area contributed by atoms with Crippen LogP contribution >= 0.6 is 0 Å². The van der Waals surface area contributed by atoms with Crippen molar-refractivity contribution in [2.45, 2.75) is 18.8 Å². The quantitative estimate of drug-likeness (QED) is 0.502. The van der Waals surface area contributed by atoms with Gasteiger partial charge in [-0.2, -0.15) is 0 Å². The summed E-state index contributed by atoms with van der Waals surface area (Å²) in [5, 5.41) is 7.32. The molecular weight excluding hydrogens is 190 g/mol. The minimum Gasteiger partial charge on any atom is -0.384 e. The van der Waals surface area contributed by atoms with Gasteiger partial charge in [-0.15, -0.1) is 0 Å².